The number of ketones is 1. The van der Waals surface area contributed by atoms with Crippen LogP contribution in [0, 0.1) is 0 Å². The lowest BCUT2D eigenvalue weighted by Gasteiger charge is -2.08. The predicted molar refractivity (Wildman–Crippen MR) is 104 cm³/mol. The molecular weight excluding hydrogens is 364 g/mol. The molecule has 136 valence electrons. The monoisotopic (exact) mass is 380 g/mol. The van der Waals surface area contributed by atoms with E-state index in [-0.39, 0.29) is 11.5 Å². The molecular formula is C19H16N4O3S. The zero-order valence-corrected chi connectivity index (χ0v) is 15.5. The van der Waals surface area contributed by atoms with Gasteiger partial charge in [-0.1, -0.05) is 30.0 Å². The molecule has 2 aromatic carbocycles. The Hall–Kier alpha value is -3.13. The molecule has 0 spiro atoms. The number of rotatable bonds is 6. The molecule has 0 saturated carbocycles. The topological polar surface area (TPSA) is 90.0 Å². The highest BCUT2D eigenvalue weighted by Gasteiger charge is 2.14. The van der Waals surface area contributed by atoms with Crippen LogP contribution in [0.25, 0.3) is 22.1 Å². The van der Waals surface area contributed by atoms with Gasteiger partial charge < -0.3 is 14.5 Å². The summed E-state index contributed by atoms with van der Waals surface area (Å²) in [6.45, 7) is 0. The van der Waals surface area contributed by atoms with Gasteiger partial charge in [-0.05, 0) is 24.3 Å². The number of thioether (sulfide) groups is 1. The summed E-state index contributed by atoms with van der Waals surface area (Å²) in [6.07, 6.45) is 0. The lowest BCUT2D eigenvalue weighted by atomic mass is 10.1. The number of methoxy groups -OCH3 is 2. The Bertz CT molecular complexity index is 1140. The van der Waals surface area contributed by atoms with Gasteiger partial charge in [-0.15, -0.1) is 10.2 Å². The molecule has 27 heavy (non-hydrogen) atoms. The molecule has 0 fully saturated rings. The number of aromatic nitrogens is 4. The molecule has 4 aromatic rings. The molecule has 7 nitrogen and oxygen atoms in total. The van der Waals surface area contributed by atoms with E-state index in [1.807, 2.05) is 24.3 Å². The largest absolute Gasteiger partial charge is 0.493 e. The van der Waals surface area contributed by atoms with Crippen molar-refractivity contribution in [2.45, 2.75) is 5.16 Å². The Kier molecular flexibility index (Phi) is 4.64. The Morgan fingerprint density at radius 2 is 1.89 bits per heavy atom. The highest BCUT2D eigenvalue weighted by molar-refractivity contribution is 7.99. The van der Waals surface area contributed by atoms with Crippen LogP contribution in [-0.2, 0) is 0 Å². The number of ether oxygens (including phenoxy) is 2. The molecule has 0 saturated heterocycles. The molecule has 2 aromatic heterocycles. The van der Waals surface area contributed by atoms with E-state index >= 15 is 0 Å². The van der Waals surface area contributed by atoms with Crippen molar-refractivity contribution in [3.63, 3.8) is 0 Å². The summed E-state index contributed by atoms with van der Waals surface area (Å²) in [7, 11) is 3.09. The number of fused-ring (bicyclic) bond motifs is 3. The van der Waals surface area contributed by atoms with Crippen LogP contribution in [0.1, 0.15) is 10.4 Å². The fourth-order valence-corrected chi connectivity index (χ4v) is 3.47. The first-order valence-electron chi connectivity index (χ1n) is 8.19. The third-order valence-electron chi connectivity index (χ3n) is 4.14. The average molecular weight is 380 g/mol. The molecule has 0 aliphatic carbocycles. The number of carbonyl (C=O) groups is 1. The SMILES string of the molecule is COc1ccc(C(=O)CSc2nnc3c(n2)[nH]c2ccccc23)cc1OC. The maximum absolute atomic E-state index is 12.5. The highest BCUT2D eigenvalue weighted by atomic mass is 32.2. The summed E-state index contributed by atoms with van der Waals surface area (Å²) in [5.41, 5.74) is 2.88. The summed E-state index contributed by atoms with van der Waals surface area (Å²) in [5, 5.41) is 9.82. The molecule has 1 N–H and O–H groups in total. The van der Waals surface area contributed by atoms with Crippen LogP contribution >= 0.6 is 11.8 Å². The summed E-state index contributed by atoms with van der Waals surface area (Å²) < 4.78 is 10.4. The number of benzene rings is 2. The molecule has 0 aliphatic rings. The minimum atomic E-state index is -0.0544. The normalized spacial score (nSPS) is 11.0. The summed E-state index contributed by atoms with van der Waals surface area (Å²) >= 11 is 1.25. The molecule has 8 heteroatoms. The van der Waals surface area contributed by atoms with Gasteiger partial charge >= 0.3 is 0 Å². The van der Waals surface area contributed by atoms with Gasteiger partial charge in [-0.3, -0.25) is 4.79 Å². The van der Waals surface area contributed by atoms with Crippen LogP contribution in [-0.4, -0.2) is 45.9 Å². The first-order valence-corrected chi connectivity index (χ1v) is 9.17. The van der Waals surface area contributed by atoms with E-state index in [0.717, 1.165) is 16.4 Å². The van der Waals surface area contributed by atoms with Gasteiger partial charge in [0.2, 0.25) is 5.16 Å². The van der Waals surface area contributed by atoms with Crippen LogP contribution in [0.3, 0.4) is 0 Å². The van der Waals surface area contributed by atoms with Gasteiger partial charge in [0, 0.05) is 16.5 Å². The molecule has 0 atom stereocenters. The number of hydrogen-bond donors (Lipinski definition) is 1. The maximum Gasteiger partial charge on any atom is 0.211 e. The molecule has 0 radical (unpaired) electrons. The second-order valence-electron chi connectivity index (χ2n) is 5.74. The fraction of sp³-hybridized carbons (Fsp3) is 0.158. The van der Waals surface area contributed by atoms with Gasteiger partial charge in [0.1, 0.15) is 5.52 Å². The number of nitrogens with one attached hydrogen (secondary N) is 1. The quantitative estimate of drug-likeness (QED) is 0.404. The average Bonchev–Trinajstić information content (AvgIpc) is 3.09. The summed E-state index contributed by atoms with van der Waals surface area (Å²) in [6, 6.07) is 12.9. The number of H-pyrrole nitrogens is 1. The van der Waals surface area contributed by atoms with Crippen LogP contribution < -0.4 is 9.47 Å². The molecule has 2 heterocycles. The zero-order chi connectivity index (χ0) is 18.8. The van der Waals surface area contributed by atoms with Crippen LogP contribution in [0.4, 0.5) is 0 Å². The first kappa shape index (κ1) is 17.3. The van der Waals surface area contributed by atoms with Gasteiger partial charge in [-0.25, -0.2) is 4.98 Å². The Balaban J connectivity index is 1.52. The summed E-state index contributed by atoms with van der Waals surface area (Å²) in [4.78, 5) is 20.2. The molecule has 0 unspecified atom stereocenters. The van der Waals surface area contributed by atoms with Crippen molar-refractivity contribution >= 4 is 39.6 Å². The predicted octanol–water partition coefficient (Wildman–Crippen LogP) is 3.50. The van der Waals surface area contributed by atoms with E-state index in [9.17, 15) is 4.79 Å². The zero-order valence-electron chi connectivity index (χ0n) is 14.7. The Morgan fingerprint density at radius 3 is 2.70 bits per heavy atom. The third-order valence-corrected chi connectivity index (χ3v) is 4.98. The van der Waals surface area contributed by atoms with Crippen molar-refractivity contribution in [2.24, 2.45) is 0 Å². The second kappa shape index (κ2) is 7.24. The number of para-hydroxylation sites is 1. The lowest BCUT2D eigenvalue weighted by Crippen LogP contribution is -2.04. The maximum atomic E-state index is 12.5. The minimum Gasteiger partial charge on any atom is -0.493 e. The molecule has 0 amide bonds. The minimum absolute atomic E-state index is 0.0544. The molecule has 4 rings (SSSR count). The van der Waals surface area contributed by atoms with E-state index in [1.54, 1.807) is 25.3 Å². The summed E-state index contributed by atoms with van der Waals surface area (Å²) in [5.74, 6) is 1.24. The van der Waals surface area contributed by atoms with Gasteiger partial charge in [0.05, 0.1) is 20.0 Å². The highest BCUT2D eigenvalue weighted by Crippen LogP contribution is 2.28. The standard InChI is InChI=1S/C19H16N4O3S/c1-25-15-8-7-11(9-16(15)26-2)14(24)10-27-19-21-18-17(22-23-19)12-5-3-4-6-13(12)20-18/h3-9H,10H2,1-2H3,(H,20,21,23). The van der Waals surface area contributed by atoms with Crippen LogP contribution in [0.15, 0.2) is 47.6 Å². The van der Waals surface area contributed by atoms with E-state index in [1.165, 1.54) is 18.9 Å². The number of nitrogens with zero attached hydrogens (tertiary/aromatic N) is 3. The van der Waals surface area contributed by atoms with E-state index in [2.05, 4.69) is 20.2 Å². The van der Waals surface area contributed by atoms with Gasteiger partial charge in [-0.2, -0.15) is 0 Å². The van der Waals surface area contributed by atoms with Crippen molar-refractivity contribution in [1.29, 1.82) is 0 Å². The molecule has 0 aliphatic heterocycles. The van der Waals surface area contributed by atoms with Crippen molar-refractivity contribution in [1.82, 2.24) is 20.2 Å². The van der Waals surface area contributed by atoms with Crippen molar-refractivity contribution < 1.29 is 14.3 Å². The number of Topliss-reactive ketones (excluding diaryl/α,β-unsaturated/α-hetero) is 1. The lowest BCUT2D eigenvalue weighted by molar-refractivity contribution is 0.102. The third kappa shape index (κ3) is 3.31. The Labute approximate surface area is 159 Å². The second-order valence-corrected chi connectivity index (χ2v) is 6.69. The number of hydrogen-bond acceptors (Lipinski definition) is 7. The van der Waals surface area contributed by atoms with Crippen molar-refractivity contribution in [3.05, 3.63) is 48.0 Å². The molecule has 0 bridgehead atoms. The van der Waals surface area contributed by atoms with Crippen molar-refractivity contribution in [2.75, 3.05) is 20.0 Å². The van der Waals surface area contributed by atoms with Gasteiger partial charge in [0.25, 0.3) is 0 Å². The van der Waals surface area contributed by atoms with E-state index in [4.69, 9.17) is 9.47 Å². The first-order chi connectivity index (χ1) is 13.2. The fourth-order valence-electron chi connectivity index (χ4n) is 2.79. The number of carbonyl (C=O) groups excluding carboxylic acids is 1. The van der Waals surface area contributed by atoms with Crippen LogP contribution in [0.5, 0.6) is 11.5 Å². The van der Waals surface area contributed by atoms with E-state index in [0.29, 0.717) is 27.9 Å². The Morgan fingerprint density at radius 1 is 1.07 bits per heavy atom. The smallest absolute Gasteiger partial charge is 0.211 e. The van der Waals surface area contributed by atoms with Crippen LogP contribution in [0.2, 0.25) is 0 Å². The number of aromatic amines is 1. The van der Waals surface area contributed by atoms with E-state index < -0.39 is 0 Å². The van der Waals surface area contributed by atoms with Gasteiger partial charge in [0.15, 0.2) is 22.9 Å². The van der Waals surface area contributed by atoms with Crippen molar-refractivity contribution in [3.8, 4) is 11.5 Å².